The standard InChI is InChI=1S/C23H26ClN3O4S/c1-3-27(4-2)32(29,30)18-11-9-17(10-12-18)15-25-22(28)13-14-23-26-16-21(31-23)19-7-5-6-8-20(19)24/h5-12,16H,3-4,13-15H2,1-2H3,(H,25,28). The van der Waals surface area contributed by atoms with Crippen LogP contribution in [0.4, 0.5) is 0 Å². The van der Waals surface area contributed by atoms with Crippen LogP contribution in [-0.2, 0) is 27.8 Å². The van der Waals surface area contributed by atoms with Gasteiger partial charge >= 0.3 is 0 Å². The van der Waals surface area contributed by atoms with Crippen LogP contribution in [0.25, 0.3) is 11.3 Å². The summed E-state index contributed by atoms with van der Waals surface area (Å²) in [5.74, 6) is 0.870. The summed E-state index contributed by atoms with van der Waals surface area (Å²) in [6, 6.07) is 13.9. The summed E-state index contributed by atoms with van der Waals surface area (Å²) in [5.41, 5.74) is 1.57. The second-order valence-electron chi connectivity index (χ2n) is 7.11. The fourth-order valence-electron chi connectivity index (χ4n) is 3.21. The van der Waals surface area contributed by atoms with Crippen molar-refractivity contribution in [2.45, 2.75) is 38.1 Å². The molecule has 0 fully saturated rings. The number of carbonyl (C=O) groups excluding carboxylic acids is 1. The van der Waals surface area contributed by atoms with E-state index in [1.807, 2.05) is 18.2 Å². The summed E-state index contributed by atoms with van der Waals surface area (Å²) in [6.45, 7) is 4.75. The first-order valence-corrected chi connectivity index (χ1v) is 12.2. The number of aryl methyl sites for hydroxylation is 1. The average molecular weight is 476 g/mol. The quantitative estimate of drug-likeness (QED) is 0.472. The molecule has 32 heavy (non-hydrogen) atoms. The molecule has 0 aliphatic carbocycles. The van der Waals surface area contributed by atoms with Gasteiger partial charge in [0.2, 0.25) is 15.9 Å². The van der Waals surface area contributed by atoms with Crippen molar-refractivity contribution in [2.24, 2.45) is 0 Å². The maximum absolute atomic E-state index is 12.5. The Labute approximate surface area is 193 Å². The van der Waals surface area contributed by atoms with Crippen molar-refractivity contribution in [1.29, 1.82) is 0 Å². The maximum Gasteiger partial charge on any atom is 0.243 e. The summed E-state index contributed by atoms with van der Waals surface area (Å²) in [7, 11) is -3.49. The van der Waals surface area contributed by atoms with E-state index >= 15 is 0 Å². The number of benzene rings is 2. The second-order valence-corrected chi connectivity index (χ2v) is 9.45. The molecular weight excluding hydrogens is 450 g/mol. The van der Waals surface area contributed by atoms with E-state index < -0.39 is 10.0 Å². The van der Waals surface area contributed by atoms with E-state index in [-0.39, 0.29) is 17.2 Å². The molecule has 0 spiro atoms. The minimum Gasteiger partial charge on any atom is -0.441 e. The molecule has 0 saturated heterocycles. The smallest absolute Gasteiger partial charge is 0.243 e. The zero-order valence-electron chi connectivity index (χ0n) is 18.0. The predicted molar refractivity (Wildman–Crippen MR) is 124 cm³/mol. The number of carbonyl (C=O) groups is 1. The van der Waals surface area contributed by atoms with Gasteiger partial charge < -0.3 is 9.73 Å². The number of rotatable bonds is 10. The molecule has 0 aliphatic heterocycles. The first-order valence-electron chi connectivity index (χ1n) is 10.4. The molecule has 1 aromatic heterocycles. The number of sulfonamides is 1. The van der Waals surface area contributed by atoms with Gasteiger partial charge in [-0.1, -0.05) is 49.7 Å². The zero-order chi connectivity index (χ0) is 23.1. The molecule has 0 bridgehead atoms. The van der Waals surface area contributed by atoms with Crippen molar-refractivity contribution >= 4 is 27.5 Å². The summed E-state index contributed by atoms with van der Waals surface area (Å²) < 4.78 is 32.2. The van der Waals surface area contributed by atoms with Crippen LogP contribution >= 0.6 is 11.6 Å². The van der Waals surface area contributed by atoms with E-state index in [0.717, 1.165) is 11.1 Å². The van der Waals surface area contributed by atoms with Crippen LogP contribution in [0.15, 0.2) is 64.0 Å². The van der Waals surface area contributed by atoms with Crippen molar-refractivity contribution in [3.05, 3.63) is 71.2 Å². The van der Waals surface area contributed by atoms with Gasteiger partial charge in [0.05, 0.1) is 16.1 Å². The van der Waals surface area contributed by atoms with Crippen molar-refractivity contribution in [3.8, 4) is 11.3 Å². The third-order valence-electron chi connectivity index (χ3n) is 5.02. The molecule has 1 heterocycles. The van der Waals surface area contributed by atoms with Crippen LogP contribution in [0.5, 0.6) is 0 Å². The Bertz CT molecular complexity index is 1160. The lowest BCUT2D eigenvalue weighted by Crippen LogP contribution is -2.30. The summed E-state index contributed by atoms with van der Waals surface area (Å²) in [4.78, 5) is 16.7. The number of nitrogens with zero attached hydrogens (tertiary/aromatic N) is 2. The minimum absolute atomic E-state index is 0.151. The van der Waals surface area contributed by atoms with Crippen molar-refractivity contribution < 1.29 is 17.6 Å². The van der Waals surface area contributed by atoms with Crippen LogP contribution < -0.4 is 5.32 Å². The van der Waals surface area contributed by atoms with Crippen LogP contribution in [0.3, 0.4) is 0 Å². The zero-order valence-corrected chi connectivity index (χ0v) is 19.6. The molecule has 9 heteroatoms. The molecule has 7 nitrogen and oxygen atoms in total. The van der Waals surface area contributed by atoms with E-state index in [0.29, 0.717) is 42.7 Å². The fourth-order valence-corrected chi connectivity index (χ4v) is 4.90. The largest absolute Gasteiger partial charge is 0.441 e. The predicted octanol–water partition coefficient (Wildman–Crippen LogP) is 4.27. The van der Waals surface area contributed by atoms with Crippen molar-refractivity contribution in [3.63, 3.8) is 0 Å². The number of hydrogen-bond acceptors (Lipinski definition) is 5. The van der Waals surface area contributed by atoms with Gasteiger partial charge in [-0.25, -0.2) is 13.4 Å². The van der Waals surface area contributed by atoms with Gasteiger partial charge in [-0.05, 0) is 29.8 Å². The molecule has 0 aliphatic rings. The van der Waals surface area contributed by atoms with Crippen molar-refractivity contribution in [1.82, 2.24) is 14.6 Å². The Morgan fingerprint density at radius 2 is 1.78 bits per heavy atom. The third-order valence-corrected chi connectivity index (χ3v) is 7.41. The molecule has 1 amide bonds. The summed E-state index contributed by atoms with van der Waals surface area (Å²) >= 11 is 6.17. The lowest BCUT2D eigenvalue weighted by molar-refractivity contribution is -0.121. The molecule has 0 radical (unpaired) electrons. The number of halogens is 1. The molecule has 0 unspecified atom stereocenters. The second kappa shape index (κ2) is 10.8. The average Bonchev–Trinajstić information content (AvgIpc) is 3.26. The van der Waals surface area contributed by atoms with Crippen LogP contribution in [0, 0.1) is 0 Å². The van der Waals surface area contributed by atoms with Gasteiger partial charge in [0.15, 0.2) is 11.7 Å². The SMILES string of the molecule is CCN(CC)S(=O)(=O)c1ccc(CNC(=O)CCc2ncc(-c3ccccc3Cl)o2)cc1. The molecule has 0 atom stereocenters. The monoisotopic (exact) mass is 475 g/mol. The normalized spacial score (nSPS) is 11.6. The lowest BCUT2D eigenvalue weighted by Gasteiger charge is -2.18. The third kappa shape index (κ3) is 5.76. The van der Waals surface area contributed by atoms with Crippen LogP contribution in [-0.4, -0.2) is 36.7 Å². The van der Waals surface area contributed by atoms with Gasteiger partial charge in [0, 0.05) is 38.0 Å². The lowest BCUT2D eigenvalue weighted by atomic mass is 10.2. The Morgan fingerprint density at radius 3 is 2.44 bits per heavy atom. The van der Waals surface area contributed by atoms with Crippen molar-refractivity contribution in [2.75, 3.05) is 13.1 Å². The molecular formula is C23H26ClN3O4S. The number of nitrogens with one attached hydrogen (secondary N) is 1. The van der Waals surface area contributed by atoms with Gasteiger partial charge in [0.25, 0.3) is 0 Å². The number of hydrogen-bond donors (Lipinski definition) is 1. The van der Waals surface area contributed by atoms with Gasteiger partial charge in [-0.3, -0.25) is 4.79 Å². The van der Waals surface area contributed by atoms with Gasteiger partial charge in [0.1, 0.15) is 0 Å². The first-order chi connectivity index (χ1) is 15.3. The fraction of sp³-hybridized carbons (Fsp3) is 0.304. The number of amides is 1. The van der Waals surface area contributed by atoms with E-state index in [1.165, 1.54) is 4.31 Å². The Balaban J connectivity index is 1.51. The Hall–Kier alpha value is -2.68. The number of aromatic nitrogens is 1. The molecule has 2 aromatic carbocycles. The van der Waals surface area contributed by atoms with Crippen LogP contribution in [0.1, 0.15) is 31.7 Å². The molecule has 170 valence electrons. The number of oxazole rings is 1. The van der Waals surface area contributed by atoms with E-state index in [9.17, 15) is 13.2 Å². The Morgan fingerprint density at radius 1 is 1.09 bits per heavy atom. The highest BCUT2D eigenvalue weighted by Gasteiger charge is 2.21. The highest BCUT2D eigenvalue weighted by Crippen LogP contribution is 2.28. The summed E-state index contributed by atoms with van der Waals surface area (Å²) in [5, 5.41) is 3.40. The highest BCUT2D eigenvalue weighted by molar-refractivity contribution is 7.89. The Kier molecular flexibility index (Phi) is 8.06. The van der Waals surface area contributed by atoms with E-state index in [1.54, 1.807) is 50.4 Å². The van der Waals surface area contributed by atoms with E-state index in [4.69, 9.17) is 16.0 Å². The molecule has 3 rings (SSSR count). The minimum atomic E-state index is -3.49. The van der Waals surface area contributed by atoms with Gasteiger partial charge in [-0.15, -0.1) is 0 Å². The first kappa shape index (κ1) is 24.0. The molecule has 1 N–H and O–H groups in total. The maximum atomic E-state index is 12.5. The highest BCUT2D eigenvalue weighted by atomic mass is 35.5. The van der Waals surface area contributed by atoms with E-state index in [2.05, 4.69) is 10.3 Å². The van der Waals surface area contributed by atoms with Crippen LogP contribution in [0.2, 0.25) is 5.02 Å². The molecule has 3 aromatic rings. The van der Waals surface area contributed by atoms with Gasteiger partial charge in [-0.2, -0.15) is 4.31 Å². The summed E-state index contributed by atoms with van der Waals surface area (Å²) in [6.07, 6.45) is 2.18. The molecule has 0 saturated carbocycles. The topological polar surface area (TPSA) is 92.5 Å².